The van der Waals surface area contributed by atoms with Crippen molar-refractivity contribution in [3.63, 3.8) is 0 Å². The molecule has 0 spiro atoms. The van der Waals surface area contributed by atoms with E-state index in [-0.39, 0.29) is 27.1 Å². The molecule has 0 bridgehead atoms. The normalized spacial score (nSPS) is 12.1. The van der Waals surface area contributed by atoms with Crippen LogP contribution in [-0.4, -0.2) is 24.2 Å². The molecule has 142 valence electrons. The van der Waals surface area contributed by atoms with Gasteiger partial charge in [0.1, 0.15) is 0 Å². The van der Waals surface area contributed by atoms with Gasteiger partial charge in [-0.3, -0.25) is 0 Å². The molecule has 1 aromatic carbocycles. The van der Waals surface area contributed by atoms with Gasteiger partial charge in [0.15, 0.2) is 4.90 Å². The van der Waals surface area contributed by atoms with Crippen LogP contribution in [0.5, 0.6) is 5.88 Å². The van der Waals surface area contributed by atoms with Crippen LogP contribution in [0.1, 0.15) is 37.0 Å². The molecule has 2 heterocycles. The second-order valence-electron chi connectivity index (χ2n) is 6.99. The van der Waals surface area contributed by atoms with E-state index in [0.29, 0.717) is 0 Å². The standard InChI is InChI=1S/C19H20N2O5S/c1-13-16(27(23,24)14-9-6-5-7-10-14)17(21(20-13)19(2,3)4)26-18(22)15-11-8-12-25-15/h5-12H,1-4H3. The van der Waals surface area contributed by atoms with Crippen molar-refractivity contribution in [2.24, 2.45) is 0 Å². The van der Waals surface area contributed by atoms with Crippen molar-refractivity contribution in [3.05, 3.63) is 60.2 Å². The number of carbonyl (C=O) groups is 1. The van der Waals surface area contributed by atoms with Gasteiger partial charge in [-0.05, 0) is 52.0 Å². The summed E-state index contributed by atoms with van der Waals surface area (Å²) in [5.41, 5.74) is -0.371. The molecular formula is C19H20N2O5S. The van der Waals surface area contributed by atoms with Crippen LogP contribution in [0.15, 0.2) is 62.9 Å². The number of hydrogen-bond acceptors (Lipinski definition) is 6. The van der Waals surface area contributed by atoms with E-state index >= 15 is 0 Å². The third-order valence-electron chi connectivity index (χ3n) is 3.83. The summed E-state index contributed by atoms with van der Waals surface area (Å²) in [7, 11) is -3.95. The lowest BCUT2D eigenvalue weighted by Gasteiger charge is -2.21. The summed E-state index contributed by atoms with van der Waals surface area (Å²) in [5, 5.41) is 4.34. The highest BCUT2D eigenvalue weighted by Gasteiger charge is 2.35. The Morgan fingerprint density at radius 1 is 1.11 bits per heavy atom. The number of ether oxygens (including phenoxy) is 1. The number of carbonyl (C=O) groups excluding carboxylic acids is 1. The first-order chi connectivity index (χ1) is 12.6. The van der Waals surface area contributed by atoms with E-state index in [9.17, 15) is 13.2 Å². The Labute approximate surface area is 157 Å². The van der Waals surface area contributed by atoms with Crippen LogP contribution >= 0.6 is 0 Å². The molecule has 2 aromatic heterocycles. The third kappa shape index (κ3) is 3.52. The highest BCUT2D eigenvalue weighted by atomic mass is 32.2. The van der Waals surface area contributed by atoms with Crippen LogP contribution in [0, 0.1) is 6.92 Å². The van der Waals surface area contributed by atoms with Crippen LogP contribution in [-0.2, 0) is 15.4 Å². The van der Waals surface area contributed by atoms with Gasteiger partial charge in [0.05, 0.1) is 22.4 Å². The van der Waals surface area contributed by atoms with Gasteiger partial charge >= 0.3 is 5.97 Å². The molecule has 0 saturated carbocycles. The van der Waals surface area contributed by atoms with Gasteiger partial charge in [0.25, 0.3) is 0 Å². The van der Waals surface area contributed by atoms with Gasteiger partial charge in [-0.15, -0.1) is 0 Å². The van der Waals surface area contributed by atoms with Crippen molar-refractivity contribution in [1.82, 2.24) is 9.78 Å². The van der Waals surface area contributed by atoms with Crippen LogP contribution in [0.25, 0.3) is 0 Å². The molecule has 3 aromatic rings. The first-order valence-corrected chi connectivity index (χ1v) is 9.76. The summed E-state index contributed by atoms with van der Waals surface area (Å²) >= 11 is 0. The maximum absolute atomic E-state index is 13.2. The second kappa shape index (κ2) is 6.70. The molecular weight excluding hydrogens is 368 g/mol. The fraction of sp³-hybridized carbons (Fsp3) is 0.263. The first kappa shape index (κ1) is 18.9. The van der Waals surface area contributed by atoms with E-state index in [0.717, 1.165) is 0 Å². The SMILES string of the molecule is Cc1nn(C(C)(C)C)c(OC(=O)c2ccco2)c1S(=O)(=O)c1ccccc1. The minimum Gasteiger partial charge on any atom is -0.457 e. The number of benzene rings is 1. The molecule has 0 aliphatic carbocycles. The average molecular weight is 388 g/mol. The van der Waals surface area contributed by atoms with E-state index in [1.807, 2.05) is 20.8 Å². The monoisotopic (exact) mass is 388 g/mol. The zero-order valence-corrected chi connectivity index (χ0v) is 16.3. The molecule has 0 amide bonds. The minimum absolute atomic E-state index is 0.0302. The number of furan rings is 1. The van der Waals surface area contributed by atoms with Crippen LogP contribution in [0.3, 0.4) is 0 Å². The molecule has 0 saturated heterocycles. The second-order valence-corrected chi connectivity index (χ2v) is 8.87. The number of sulfone groups is 1. The summed E-state index contributed by atoms with van der Waals surface area (Å²) in [6.07, 6.45) is 1.34. The number of aryl methyl sites for hydroxylation is 1. The quantitative estimate of drug-likeness (QED) is 0.634. The summed E-state index contributed by atoms with van der Waals surface area (Å²) in [6, 6.07) is 10.9. The van der Waals surface area contributed by atoms with Crippen molar-refractivity contribution in [2.45, 2.75) is 43.0 Å². The zero-order valence-electron chi connectivity index (χ0n) is 15.5. The number of esters is 1. The Morgan fingerprint density at radius 3 is 2.33 bits per heavy atom. The van der Waals surface area contributed by atoms with Gasteiger partial charge in [-0.1, -0.05) is 18.2 Å². The molecule has 0 aliphatic rings. The van der Waals surface area contributed by atoms with Crippen LogP contribution in [0.2, 0.25) is 0 Å². The van der Waals surface area contributed by atoms with Crippen molar-refractivity contribution in [2.75, 3.05) is 0 Å². The molecule has 0 aliphatic heterocycles. The maximum atomic E-state index is 13.2. The van der Waals surface area contributed by atoms with Gasteiger partial charge in [0.2, 0.25) is 21.5 Å². The van der Waals surface area contributed by atoms with Crippen LogP contribution < -0.4 is 4.74 Å². The van der Waals surface area contributed by atoms with E-state index in [1.165, 1.54) is 29.1 Å². The van der Waals surface area contributed by atoms with Crippen molar-refractivity contribution < 1.29 is 22.4 Å². The summed E-state index contributed by atoms with van der Waals surface area (Å²) < 4.78 is 38.4. The molecule has 0 atom stereocenters. The number of rotatable bonds is 4. The fourth-order valence-electron chi connectivity index (χ4n) is 2.60. The summed E-state index contributed by atoms with van der Waals surface area (Å²) in [5.74, 6) is -0.961. The summed E-state index contributed by atoms with van der Waals surface area (Å²) in [6.45, 7) is 7.08. The average Bonchev–Trinajstić information content (AvgIpc) is 3.23. The van der Waals surface area contributed by atoms with E-state index in [2.05, 4.69) is 5.10 Å². The minimum atomic E-state index is -3.95. The Bertz CT molecular complexity index is 1060. The highest BCUT2D eigenvalue weighted by Crippen LogP contribution is 2.36. The predicted octanol–water partition coefficient (Wildman–Crippen LogP) is 3.59. The molecule has 0 radical (unpaired) electrons. The molecule has 7 nitrogen and oxygen atoms in total. The molecule has 0 N–H and O–H groups in total. The molecule has 27 heavy (non-hydrogen) atoms. The van der Waals surface area contributed by atoms with Gasteiger partial charge in [-0.25, -0.2) is 17.9 Å². The third-order valence-corrected chi connectivity index (χ3v) is 5.73. The zero-order chi connectivity index (χ0) is 19.8. The lowest BCUT2D eigenvalue weighted by molar-refractivity contribution is 0.0670. The van der Waals surface area contributed by atoms with Crippen molar-refractivity contribution in [1.29, 1.82) is 0 Å². The van der Waals surface area contributed by atoms with E-state index < -0.39 is 21.3 Å². The van der Waals surface area contributed by atoms with Crippen LogP contribution in [0.4, 0.5) is 0 Å². The Morgan fingerprint density at radius 2 is 1.78 bits per heavy atom. The molecule has 8 heteroatoms. The molecule has 0 unspecified atom stereocenters. The lowest BCUT2D eigenvalue weighted by atomic mass is 10.1. The smallest absolute Gasteiger partial charge is 0.380 e. The van der Waals surface area contributed by atoms with E-state index in [1.54, 1.807) is 31.2 Å². The molecule has 3 rings (SSSR count). The highest BCUT2D eigenvalue weighted by molar-refractivity contribution is 7.91. The van der Waals surface area contributed by atoms with Gasteiger partial charge in [-0.2, -0.15) is 5.10 Å². The summed E-state index contributed by atoms with van der Waals surface area (Å²) in [4.78, 5) is 12.4. The van der Waals surface area contributed by atoms with E-state index in [4.69, 9.17) is 9.15 Å². The lowest BCUT2D eigenvalue weighted by Crippen LogP contribution is -2.25. The Hall–Kier alpha value is -2.87. The van der Waals surface area contributed by atoms with Gasteiger partial charge < -0.3 is 9.15 Å². The Balaban J connectivity index is 2.19. The van der Waals surface area contributed by atoms with Crippen molar-refractivity contribution in [3.8, 4) is 5.88 Å². The largest absolute Gasteiger partial charge is 0.457 e. The maximum Gasteiger partial charge on any atom is 0.380 e. The fourth-order valence-corrected chi connectivity index (χ4v) is 4.13. The first-order valence-electron chi connectivity index (χ1n) is 8.28. The molecule has 0 fully saturated rings. The predicted molar refractivity (Wildman–Crippen MR) is 97.5 cm³/mol. The topological polar surface area (TPSA) is 91.4 Å². The number of hydrogen-bond donors (Lipinski definition) is 0. The van der Waals surface area contributed by atoms with Crippen molar-refractivity contribution >= 4 is 15.8 Å². The Kier molecular flexibility index (Phi) is 4.69. The number of nitrogens with zero attached hydrogens (tertiary/aromatic N) is 2. The van der Waals surface area contributed by atoms with Gasteiger partial charge in [0, 0.05) is 0 Å². The number of aromatic nitrogens is 2.